The summed E-state index contributed by atoms with van der Waals surface area (Å²) in [7, 11) is 0. The van der Waals surface area contributed by atoms with Crippen LogP contribution < -0.4 is 5.32 Å². The SMILES string of the molecule is CCCCC/C=C\C/C=C\CCCCCCCCCC(=O)OCCCCCCCCCCCCCCCCCCCCCCCCCCCCCCCCCC(=O)NC(CO)C(O)CCCCCCCCCCCCCCCCCCCCC. The van der Waals surface area contributed by atoms with Gasteiger partial charge in [0.2, 0.25) is 5.91 Å². The summed E-state index contributed by atoms with van der Waals surface area (Å²) < 4.78 is 5.51. The fourth-order valence-corrected chi connectivity index (χ4v) is 12.4. The Hall–Kier alpha value is -1.66. The van der Waals surface area contributed by atoms with Gasteiger partial charge in [-0.05, 0) is 57.8 Å². The molecular weight excluding hydrogens is 1030 g/mol. The Labute approximate surface area is 526 Å². The number of amides is 1. The van der Waals surface area contributed by atoms with Crippen LogP contribution in [0.2, 0.25) is 0 Å². The standard InChI is InChI=1S/C78H151NO5/c1-3-5-7-9-11-13-15-17-19-21-35-39-42-46-50-54-58-62-66-70-76(81)75(74-80)79-77(82)71-67-63-59-55-51-47-43-40-36-33-31-29-27-25-23-22-24-26-28-30-32-34-37-41-45-49-53-57-61-65-69-73-84-78(83)72-68-64-60-56-52-48-44-38-20-18-16-14-12-10-8-6-4-2/h12,14,18,20,75-76,80-81H,3-11,13,15-17,19,21-74H2,1-2H3,(H,79,82)/b14-12-,20-18-. The van der Waals surface area contributed by atoms with Gasteiger partial charge in [-0.3, -0.25) is 9.59 Å². The zero-order chi connectivity index (χ0) is 60.6. The van der Waals surface area contributed by atoms with Crippen molar-refractivity contribution in [2.75, 3.05) is 13.2 Å². The summed E-state index contributed by atoms with van der Waals surface area (Å²) in [6.45, 7) is 4.97. The number of nitrogens with one attached hydrogen (secondary N) is 1. The Morgan fingerprint density at radius 1 is 0.333 bits per heavy atom. The van der Waals surface area contributed by atoms with E-state index >= 15 is 0 Å². The Morgan fingerprint density at radius 3 is 0.929 bits per heavy atom. The fraction of sp³-hybridized carbons (Fsp3) is 0.923. The van der Waals surface area contributed by atoms with Crippen LogP contribution in [0.25, 0.3) is 0 Å². The lowest BCUT2D eigenvalue weighted by atomic mass is 10.0. The van der Waals surface area contributed by atoms with Crippen LogP contribution in [0.5, 0.6) is 0 Å². The van der Waals surface area contributed by atoms with Crippen molar-refractivity contribution in [3.63, 3.8) is 0 Å². The third-order valence-electron chi connectivity index (χ3n) is 18.3. The number of carbonyl (C=O) groups is 2. The molecule has 2 unspecified atom stereocenters. The smallest absolute Gasteiger partial charge is 0.305 e. The molecule has 0 aromatic rings. The molecule has 3 N–H and O–H groups in total. The van der Waals surface area contributed by atoms with E-state index in [4.69, 9.17) is 4.74 Å². The predicted octanol–water partition coefficient (Wildman–Crippen LogP) is 25.3. The zero-order valence-corrected chi connectivity index (χ0v) is 57.2. The van der Waals surface area contributed by atoms with Gasteiger partial charge in [0.15, 0.2) is 0 Å². The van der Waals surface area contributed by atoms with Crippen LogP contribution in [0.1, 0.15) is 438 Å². The topological polar surface area (TPSA) is 95.9 Å². The van der Waals surface area contributed by atoms with Gasteiger partial charge in [0.25, 0.3) is 0 Å². The highest BCUT2D eigenvalue weighted by Crippen LogP contribution is 2.20. The minimum atomic E-state index is -0.662. The van der Waals surface area contributed by atoms with E-state index in [0.717, 1.165) is 51.4 Å². The van der Waals surface area contributed by atoms with Crippen molar-refractivity contribution in [3.8, 4) is 0 Å². The quantitative estimate of drug-likeness (QED) is 0.0320. The third kappa shape index (κ3) is 69.4. The minimum Gasteiger partial charge on any atom is -0.466 e. The van der Waals surface area contributed by atoms with E-state index in [1.165, 1.54) is 353 Å². The maximum absolute atomic E-state index is 12.6. The molecule has 0 heterocycles. The van der Waals surface area contributed by atoms with Crippen molar-refractivity contribution in [1.29, 1.82) is 0 Å². The summed E-state index contributed by atoms with van der Waals surface area (Å²) >= 11 is 0. The Balaban J connectivity index is 3.32. The number of aliphatic hydroxyl groups is 2. The number of carbonyl (C=O) groups excluding carboxylic acids is 2. The van der Waals surface area contributed by atoms with E-state index in [9.17, 15) is 19.8 Å². The van der Waals surface area contributed by atoms with Gasteiger partial charge in [-0.1, -0.05) is 391 Å². The highest BCUT2D eigenvalue weighted by molar-refractivity contribution is 5.76. The second kappa shape index (κ2) is 73.8. The number of aliphatic hydroxyl groups excluding tert-OH is 2. The summed E-state index contributed by atoms with van der Waals surface area (Å²) in [6.07, 6.45) is 94.0. The van der Waals surface area contributed by atoms with E-state index in [2.05, 4.69) is 43.5 Å². The maximum atomic E-state index is 12.6. The summed E-state index contributed by atoms with van der Waals surface area (Å²) in [5.41, 5.74) is 0. The molecule has 0 aromatic heterocycles. The summed E-state index contributed by atoms with van der Waals surface area (Å²) in [6, 6.07) is -0.539. The first kappa shape index (κ1) is 82.3. The molecule has 0 radical (unpaired) electrons. The van der Waals surface area contributed by atoms with E-state index < -0.39 is 12.1 Å². The molecule has 0 fully saturated rings. The Kier molecular flexibility index (Phi) is 72.3. The number of ether oxygens (including phenoxy) is 1. The molecule has 0 saturated heterocycles. The Bertz CT molecular complexity index is 1320. The predicted molar refractivity (Wildman–Crippen MR) is 370 cm³/mol. The van der Waals surface area contributed by atoms with Gasteiger partial charge in [-0.15, -0.1) is 0 Å². The van der Waals surface area contributed by atoms with Crippen molar-refractivity contribution in [3.05, 3.63) is 24.3 Å². The fourth-order valence-electron chi connectivity index (χ4n) is 12.4. The summed E-state index contributed by atoms with van der Waals surface area (Å²) in [4.78, 5) is 24.7. The van der Waals surface area contributed by atoms with Gasteiger partial charge in [0, 0.05) is 12.8 Å². The average Bonchev–Trinajstić information content (AvgIpc) is 3.51. The van der Waals surface area contributed by atoms with E-state index in [1.807, 2.05) is 0 Å². The molecule has 1 amide bonds. The monoisotopic (exact) mass is 1180 g/mol. The van der Waals surface area contributed by atoms with Crippen LogP contribution >= 0.6 is 0 Å². The number of hydrogen-bond acceptors (Lipinski definition) is 5. The van der Waals surface area contributed by atoms with Crippen LogP contribution in [-0.2, 0) is 14.3 Å². The number of esters is 1. The van der Waals surface area contributed by atoms with Gasteiger partial charge < -0.3 is 20.3 Å². The van der Waals surface area contributed by atoms with Crippen LogP contribution in [0, 0.1) is 0 Å². The van der Waals surface area contributed by atoms with Crippen molar-refractivity contribution in [2.24, 2.45) is 0 Å². The highest BCUT2D eigenvalue weighted by Gasteiger charge is 2.20. The molecule has 0 aliphatic rings. The van der Waals surface area contributed by atoms with Crippen LogP contribution in [0.3, 0.4) is 0 Å². The molecule has 84 heavy (non-hydrogen) atoms. The van der Waals surface area contributed by atoms with Gasteiger partial charge >= 0.3 is 5.97 Å². The number of unbranched alkanes of at least 4 members (excludes halogenated alkanes) is 58. The van der Waals surface area contributed by atoms with Crippen LogP contribution in [-0.4, -0.2) is 47.4 Å². The van der Waals surface area contributed by atoms with Crippen molar-refractivity contribution in [2.45, 2.75) is 450 Å². The van der Waals surface area contributed by atoms with Gasteiger partial charge in [-0.2, -0.15) is 0 Å². The third-order valence-corrected chi connectivity index (χ3v) is 18.3. The van der Waals surface area contributed by atoms with Crippen molar-refractivity contribution < 1.29 is 24.5 Å². The van der Waals surface area contributed by atoms with Crippen molar-refractivity contribution in [1.82, 2.24) is 5.32 Å². The summed E-state index contributed by atoms with van der Waals surface area (Å²) in [5.74, 6) is -0.0122. The van der Waals surface area contributed by atoms with Crippen LogP contribution in [0.15, 0.2) is 24.3 Å². The average molecular weight is 1180 g/mol. The molecule has 0 rings (SSSR count). The molecule has 0 aromatic carbocycles. The van der Waals surface area contributed by atoms with E-state index in [1.54, 1.807) is 0 Å². The first-order chi connectivity index (χ1) is 41.5. The molecule has 498 valence electrons. The molecule has 0 bridgehead atoms. The molecular formula is C78H151NO5. The largest absolute Gasteiger partial charge is 0.466 e. The molecule has 6 heteroatoms. The van der Waals surface area contributed by atoms with Crippen LogP contribution in [0.4, 0.5) is 0 Å². The lowest BCUT2D eigenvalue weighted by Gasteiger charge is -2.22. The molecule has 6 nitrogen and oxygen atoms in total. The molecule has 0 saturated carbocycles. The van der Waals surface area contributed by atoms with Gasteiger partial charge in [0.1, 0.15) is 0 Å². The lowest BCUT2D eigenvalue weighted by Crippen LogP contribution is -2.45. The molecule has 0 aliphatic carbocycles. The summed E-state index contributed by atoms with van der Waals surface area (Å²) in [5, 5.41) is 23.4. The minimum absolute atomic E-state index is 0.0138. The highest BCUT2D eigenvalue weighted by atomic mass is 16.5. The molecule has 0 aliphatic heterocycles. The zero-order valence-electron chi connectivity index (χ0n) is 57.2. The second-order valence-electron chi connectivity index (χ2n) is 26.7. The van der Waals surface area contributed by atoms with E-state index in [0.29, 0.717) is 25.9 Å². The van der Waals surface area contributed by atoms with Crippen molar-refractivity contribution >= 4 is 11.9 Å². The lowest BCUT2D eigenvalue weighted by molar-refractivity contribution is -0.143. The molecule has 0 spiro atoms. The Morgan fingerprint density at radius 2 is 0.595 bits per heavy atom. The maximum Gasteiger partial charge on any atom is 0.305 e. The number of allylic oxidation sites excluding steroid dienone is 4. The first-order valence-corrected chi connectivity index (χ1v) is 38.6. The number of hydrogen-bond donors (Lipinski definition) is 3. The first-order valence-electron chi connectivity index (χ1n) is 38.6. The van der Waals surface area contributed by atoms with Gasteiger partial charge in [0.05, 0.1) is 25.4 Å². The van der Waals surface area contributed by atoms with E-state index in [-0.39, 0.29) is 18.5 Å². The number of rotatable bonds is 73. The van der Waals surface area contributed by atoms with Gasteiger partial charge in [-0.25, -0.2) is 0 Å². The second-order valence-corrected chi connectivity index (χ2v) is 26.7. The normalized spacial score (nSPS) is 12.6. The molecule has 2 atom stereocenters.